The summed E-state index contributed by atoms with van der Waals surface area (Å²) in [6, 6.07) is 10.8. The first-order valence-electron chi connectivity index (χ1n) is 7.61. The maximum atomic E-state index is 12.3. The van der Waals surface area contributed by atoms with E-state index in [4.69, 9.17) is 10.2 Å². The minimum Gasteiger partial charge on any atom is -0.463 e. The highest BCUT2D eigenvalue weighted by Crippen LogP contribution is 2.26. The molecule has 0 atom stereocenters. The van der Waals surface area contributed by atoms with Crippen LogP contribution in [0.3, 0.4) is 0 Å². The number of nitrogen functional groups attached to an aromatic ring is 1. The van der Waals surface area contributed by atoms with Crippen LogP contribution in [0.25, 0.3) is 22.6 Å². The molecule has 130 valence electrons. The van der Waals surface area contributed by atoms with E-state index in [-0.39, 0.29) is 24.0 Å². The van der Waals surface area contributed by atoms with Crippen molar-refractivity contribution in [3.8, 4) is 11.5 Å². The lowest BCUT2D eigenvalue weighted by Gasteiger charge is -2.06. The Labute approximate surface area is 146 Å². The minimum absolute atomic E-state index is 0.0440. The summed E-state index contributed by atoms with van der Waals surface area (Å²) in [6.45, 7) is -0.0440. The second-order valence-corrected chi connectivity index (χ2v) is 5.32. The van der Waals surface area contributed by atoms with Gasteiger partial charge in [-0.2, -0.15) is 5.10 Å². The van der Waals surface area contributed by atoms with Gasteiger partial charge < -0.3 is 14.7 Å². The molecule has 26 heavy (non-hydrogen) atoms. The first-order chi connectivity index (χ1) is 12.7. The van der Waals surface area contributed by atoms with Crippen LogP contribution in [0.4, 0.5) is 5.82 Å². The van der Waals surface area contributed by atoms with Gasteiger partial charge in [-0.05, 0) is 34.6 Å². The zero-order valence-corrected chi connectivity index (χ0v) is 13.4. The van der Waals surface area contributed by atoms with Crippen molar-refractivity contribution in [3.05, 3.63) is 48.4 Å². The third-order valence-electron chi connectivity index (χ3n) is 3.61. The third-order valence-corrected chi connectivity index (χ3v) is 3.61. The number of nitrogens with two attached hydrogens (primary N) is 1. The Balaban J connectivity index is 1.62. The molecule has 3 aromatic heterocycles. The number of hydrogen-bond donors (Lipinski definition) is 2. The number of imidazole rings is 1. The molecule has 10 nitrogen and oxygen atoms in total. The zero-order valence-electron chi connectivity index (χ0n) is 13.4. The van der Waals surface area contributed by atoms with E-state index in [1.165, 1.54) is 12.5 Å². The van der Waals surface area contributed by atoms with Gasteiger partial charge in [0.05, 0.1) is 23.5 Å². The molecular weight excluding hydrogens is 338 g/mol. The summed E-state index contributed by atoms with van der Waals surface area (Å²) >= 11 is 0. The molecule has 3 N–H and O–H groups in total. The average Bonchev–Trinajstić information content (AvgIpc) is 3.36. The number of anilines is 1. The second-order valence-electron chi connectivity index (χ2n) is 5.32. The number of amides is 1. The zero-order chi connectivity index (χ0) is 17.9. The maximum Gasteiger partial charge on any atom is 0.260 e. The third kappa shape index (κ3) is 2.90. The number of para-hydroxylation sites is 2. The molecule has 4 aromatic rings. The lowest BCUT2D eigenvalue weighted by Crippen LogP contribution is -2.23. The molecule has 0 bridgehead atoms. The predicted octanol–water partition coefficient (Wildman–Crippen LogP) is 1.41. The van der Waals surface area contributed by atoms with Crippen LogP contribution in [-0.4, -0.2) is 32.0 Å². The smallest absolute Gasteiger partial charge is 0.260 e. The van der Waals surface area contributed by atoms with Crippen LogP contribution in [0.15, 0.2) is 56.8 Å². The number of furan rings is 1. The van der Waals surface area contributed by atoms with E-state index in [0.717, 1.165) is 5.52 Å². The maximum absolute atomic E-state index is 12.3. The number of hydrogen-bond acceptors (Lipinski definition) is 8. The molecule has 0 saturated heterocycles. The molecular formula is C16H13N7O3. The number of hydrazone groups is 1. The van der Waals surface area contributed by atoms with E-state index in [1.807, 2.05) is 24.3 Å². The SMILES string of the molecule is Nc1nonc1-c1nc2ccccc2n1CC(=O)N/N=C/c1ccco1. The Bertz CT molecular complexity index is 1080. The van der Waals surface area contributed by atoms with Crippen molar-refractivity contribution in [2.24, 2.45) is 5.10 Å². The summed E-state index contributed by atoms with van der Waals surface area (Å²) in [6.07, 6.45) is 2.92. The quantitative estimate of drug-likeness (QED) is 0.409. The molecule has 10 heteroatoms. The molecule has 0 aliphatic rings. The normalized spacial score (nSPS) is 11.4. The van der Waals surface area contributed by atoms with Gasteiger partial charge in [-0.25, -0.2) is 15.0 Å². The molecule has 1 aromatic carbocycles. The standard InChI is InChI=1S/C16H13N7O3/c17-15-14(21-26-22-15)16-19-11-5-1-2-6-12(11)23(16)9-13(24)20-18-8-10-4-3-7-25-10/h1-8H,9H2,(H2,17,22)(H,20,24)/b18-8+. The molecule has 0 aliphatic carbocycles. The van der Waals surface area contributed by atoms with Crippen LogP contribution < -0.4 is 11.2 Å². The second kappa shape index (κ2) is 6.51. The molecule has 0 unspecified atom stereocenters. The fraction of sp³-hybridized carbons (Fsp3) is 0.0625. The lowest BCUT2D eigenvalue weighted by molar-refractivity contribution is -0.121. The molecule has 0 saturated carbocycles. The van der Waals surface area contributed by atoms with Crippen molar-refractivity contribution in [1.29, 1.82) is 0 Å². The van der Waals surface area contributed by atoms with Gasteiger partial charge in [0.1, 0.15) is 12.3 Å². The number of nitrogens with one attached hydrogen (secondary N) is 1. The topological polar surface area (TPSA) is 137 Å². The van der Waals surface area contributed by atoms with Crippen LogP contribution in [0, 0.1) is 0 Å². The summed E-state index contributed by atoms with van der Waals surface area (Å²) < 4.78 is 11.4. The van der Waals surface area contributed by atoms with E-state index in [9.17, 15) is 4.79 Å². The monoisotopic (exact) mass is 351 g/mol. The first kappa shape index (κ1) is 15.6. The Morgan fingerprint density at radius 2 is 2.15 bits per heavy atom. The van der Waals surface area contributed by atoms with Crippen molar-refractivity contribution in [2.45, 2.75) is 6.54 Å². The number of rotatable bonds is 5. The Morgan fingerprint density at radius 3 is 2.92 bits per heavy atom. The molecule has 1 amide bonds. The largest absolute Gasteiger partial charge is 0.463 e. The van der Waals surface area contributed by atoms with E-state index in [2.05, 4.69) is 30.5 Å². The molecule has 0 radical (unpaired) electrons. The van der Waals surface area contributed by atoms with Gasteiger partial charge >= 0.3 is 0 Å². The number of carbonyl (C=O) groups excluding carboxylic acids is 1. The van der Waals surface area contributed by atoms with Gasteiger partial charge in [0.2, 0.25) is 0 Å². The lowest BCUT2D eigenvalue weighted by atomic mass is 10.3. The van der Waals surface area contributed by atoms with E-state index >= 15 is 0 Å². The van der Waals surface area contributed by atoms with Crippen molar-refractivity contribution in [3.63, 3.8) is 0 Å². The van der Waals surface area contributed by atoms with Gasteiger partial charge in [0, 0.05) is 0 Å². The number of fused-ring (bicyclic) bond motifs is 1. The Hall–Kier alpha value is -3.95. The predicted molar refractivity (Wildman–Crippen MR) is 91.9 cm³/mol. The fourth-order valence-electron chi connectivity index (χ4n) is 2.48. The summed E-state index contributed by atoms with van der Waals surface area (Å²) in [5.41, 5.74) is 9.92. The first-order valence-corrected chi connectivity index (χ1v) is 7.61. The minimum atomic E-state index is -0.354. The molecule has 0 aliphatic heterocycles. The van der Waals surface area contributed by atoms with E-state index < -0.39 is 0 Å². The van der Waals surface area contributed by atoms with Crippen LogP contribution in [0.1, 0.15) is 5.76 Å². The Kier molecular flexibility index (Phi) is 3.90. The van der Waals surface area contributed by atoms with Crippen LogP contribution in [-0.2, 0) is 11.3 Å². The highest BCUT2D eigenvalue weighted by molar-refractivity contribution is 5.85. The van der Waals surface area contributed by atoms with Crippen LogP contribution >= 0.6 is 0 Å². The molecule has 0 fully saturated rings. The van der Waals surface area contributed by atoms with Crippen LogP contribution in [0.2, 0.25) is 0 Å². The number of aromatic nitrogens is 4. The van der Waals surface area contributed by atoms with Gasteiger partial charge in [0.25, 0.3) is 5.91 Å². The number of benzene rings is 1. The molecule has 4 rings (SSSR count). The number of carbonyl (C=O) groups is 1. The van der Waals surface area contributed by atoms with E-state index in [1.54, 1.807) is 16.7 Å². The van der Waals surface area contributed by atoms with Gasteiger partial charge in [-0.1, -0.05) is 12.1 Å². The highest BCUT2D eigenvalue weighted by atomic mass is 16.6. The summed E-state index contributed by atoms with van der Waals surface area (Å²) in [5, 5.41) is 11.2. The summed E-state index contributed by atoms with van der Waals surface area (Å²) in [5.74, 6) is 0.653. The van der Waals surface area contributed by atoms with Crippen molar-refractivity contribution < 1.29 is 13.8 Å². The average molecular weight is 351 g/mol. The van der Waals surface area contributed by atoms with Crippen molar-refractivity contribution in [2.75, 3.05) is 5.73 Å². The van der Waals surface area contributed by atoms with Crippen LogP contribution in [0.5, 0.6) is 0 Å². The fourth-order valence-corrected chi connectivity index (χ4v) is 2.48. The molecule has 0 spiro atoms. The van der Waals surface area contributed by atoms with E-state index in [0.29, 0.717) is 17.1 Å². The molecule has 3 heterocycles. The van der Waals surface area contributed by atoms with Crippen molar-refractivity contribution >= 4 is 29.0 Å². The Morgan fingerprint density at radius 1 is 1.27 bits per heavy atom. The number of nitrogens with zero attached hydrogens (tertiary/aromatic N) is 5. The summed E-state index contributed by atoms with van der Waals surface area (Å²) in [7, 11) is 0. The van der Waals surface area contributed by atoms with Gasteiger partial charge in [0.15, 0.2) is 17.3 Å². The highest BCUT2D eigenvalue weighted by Gasteiger charge is 2.20. The van der Waals surface area contributed by atoms with Crippen molar-refractivity contribution in [1.82, 2.24) is 25.3 Å². The van der Waals surface area contributed by atoms with Gasteiger partial charge in [-0.15, -0.1) is 0 Å². The summed E-state index contributed by atoms with van der Waals surface area (Å²) in [4.78, 5) is 16.8. The van der Waals surface area contributed by atoms with Gasteiger partial charge in [-0.3, -0.25) is 4.79 Å².